The van der Waals surface area contributed by atoms with E-state index in [0.29, 0.717) is 24.5 Å². The summed E-state index contributed by atoms with van der Waals surface area (Å²) >= 11 is 0. The van der Waals surface area contributed by atoms with Crippen LogP contribution in [0.25, 0.3) is 34.4 Å². The van der Waals surface area contributed by atoms with Gasteiger partial charge in [-0.1, -0.05) is 93.4 Å². The van der Waals surface area contributed by atoms with Gasteiger partial charge in [-0.25, -0.2) is 13.2 Å². The number of hydrogen-bond acceptors (Lipinski definition) is 2. The van der Waals surface area contributed by atoms with E-state index in [0.717, 1.165) is 42.4 Å². The Kier molecular flexibility index (Phi) is 9.85. The summed E-state index contributed by atoms with van der Waals surface area (Å²) in [6.45, 7) is 5.26. The van der Waals surface area contributed by atoms with E-state index in [9.17, 15) is 13.2 Å². The van der Waals surface area contributed by atoms with Crippen LogP contribution in [0.15, 0.2) is 78.9 Å². The van der Waals surface area contributed by atoms with Crippen LogP contribution in [-0.2, 0) is 0 Å². The molecule has 202 valence electrons. The summed E-state index contributed by atoms with van der Waals surface area (Å²) in [5.41, 5.74) is 3.31. The minimum absolute atomic E-state index is 0.153. The third-order valence-electron chi connectivity index (χ3n) is 6.43. The van der Waals surface area contributed by atoms with Crippen LogP contribution in [0.5, 0.6) is 11.5 Å². The van der Waals surface area contributed by atoms with Crippen molar-refractivity contribution in [1.29, 1.82) is 0 Å². The van der Waals surface area contributed by atoms with E-state index in [1.54, 1.807) is 54.6 Å². The van der Waals surface area contributed by atoms with E-state index in [1.807, 2.05) is 30.3 Å². The van der Waals surface area contributed by atoms with Gasteiger partial charge in [0.15, 0.2) is 23.2 Å². The van der Waals surface area contributed by atoms with Crippen LogP contribution in [0.3, 0.4) is 0 Å². The Morgan fingerprint density at radius 3 is 1.92 bits per heavy atom. The van der Waals surface area contributed by atoms with Gasteiger partial charge in [-0.3, -0.25) is 0 Å². The Labute approximate surface area is 228 Å². The van der Waals surface area contributed by atoms with Crippen molar-refractivity contribution in [2.75, 3.05) is 13.2 Å². The van der Waals surface area contributed by atoms with Gasteiger partial charge in [0.2, 0.25) is 0 Å². The zero-order valence-electron chi connectivity index (χ0n) is 22.4. The normalized spacial score (nSPS) is 11.2. The molecule has 0 heterocycles. The van der Waals surface area contributed by atoms with E-state index in [4.69, 9.17) is 9.47 Å². The van der Waals surface area contributed by atoms with Gasteiger partial charge in [0.25, 0.3) is 0 Å². The Balaban J connectivity index is 1.43. The molecule has 5 heteroatoms. The summed E-state index contributed by atoms with van der Waals surface area (Å²) in [4.78, 5) is 0. The average Bonchev–Trinajstić information content (AvgIpc) is 2.96. The molecule has 2 nitrogen and oxygen atoms in total. The SMILES string of the molecule is CCCCOc1ccc(-c2ccc(/C=C/c3ccc(-c4ccc(OCCCC)c(F)c4)cc3)c(F)c2F)cc1. The Hall–Kier alpha value is -3.99. The van der Waals surface area contributed by atoms with Crippen LogP contribution >= 0.6 is 0 Å². The molecule has 0 spiro atoms. The van der Waals surface area contributed by atoms with E-state index in [1.165, 1.54) is 6.07 Å². The van der Waals surface area contributed by atoms with Gasteiger partial charge < -0.3 is 9.47 Å². The molecular weight excluding hydrogens is 497 g/mol. The number of hydrogen-bond donors (Lipinski definition) is 0. The predicted octanol–water partition coefficient (Wildman–Crippen LogP) is 9.97. The van der Waals surface area contributed by atoms with Crippen LogP contribution < -0.4 is 9.47 Å². The Morgan fingerprint density at radius 1 is 0.615 bits per heavy atom. The van der Waals surface area contributed by atoms with Crippen LogP contribution in [-0.4, -0.2) is 13.2 Å². The Morgan fingerprint density at radius 2 is 1.26 bits per heavy atom. The van der Waals surface area contributed by atoms with Gasteiger partial charge in [-0.2, -0.15) is 0 Å². The standard InChI is InChI=1S/C34H33F3O2/c1-3-5-21-38-29-17-13-26(14-18-29)30-19-15-27(33(36)34(30)37)12-9-24-7-10-25(11-8-24)28-16-20-32(31(35)23-28)39-22-6-4-2/h7-20,23H,3-6,21-22H2,1-2H3/b12-9+. The fourth-order valence-electron chi connectivity index (χ4n) is 4.08. The highest BCUT2D eigenvalue weighted by Gasteiger charge is 2.14. The first-order chi connectivity index (χ1) is 19.0. The summed E-state index contributed by atoms with van der Waals surface area (Å²) in [6.07, 6.45) is 7.12. The second-order valence-corrected chi connectivity index (χ2v) is 9.36. The zero-order chi connectivity index (χ0) is 27.6. The molecule has 39 heavy (non-hydrogen) atoms. The van der Waals surface area contributed by atoms with Gasteiger partial charge in [-0.15, -0.1) is 0 Å². The zero-order valence-corrected chi connectivity index (χ0v) is 22.4. The summed E-state index contributed by atoms with van der Waals surface area (Å²) < 4.78 is 55.4. The van der Waals surface area contributed by atoms with E-state index >= 15 is 0 Å². The molecular formula is C34H33F3O2. The van der Waals surface area contributed by atoms with Gasteiger partial charge >= 0.3 is 0 Å². The predicted molar refractivity (Wildman–Crippen MR) is 153 cm³/mol. The molecule has 0 radical (unpaired) electrons. The quantitative estimate of drug-likeness (QED) is 0.134. The van der Waals surface area contributed by atoms with Crippen LogP contribution in [0.1, 0.15) is 50.7 Å². The molecule has 4 aromatic carbocycles. The lowest BCUT2D eigenvalue weighted by atomic mass is 10.0. The molecule has 0 aliphatic heterocycles. The molecule has 0 aliphatic rings. The summed E-state index contributed by atoms with van der Waals surface area (Å²) in [7, 11) is 0. The lowest BCUT2D eigenvalue weighted by Gasteiger charge is -2.09. The van der Waals surface area contributed by atoms with Gasteiger partial charge in [-0.05, 0) is 59.4 Å². The molecule has 0 N–H and O–H groups in total. The topological polar surface area (TPSA) is 18.5 Å². The lowest BCUT2D eigenvalue weighted by molar-refractivity contribution is 0.294. The first kappa shape index (κ1) is 28.0. The van der Waals surface area contributed by atoms with Crippen LogP contribution in [0.4, 0.5) is 13.2 Å². The highest BCUT2D eigenvalue weighted by molar-refractivity contribution is 5.74. The van der Waals surface area contributed by atoms with E-state index in [2.05, 4.69) is 13.8 Å². The molecule has 4 rings (SSSR count). The molecule has 0 saturated carbocycles. The maximum atomic E-state index is 14.9. The smallest absolute Gasteiger partial charge is 0.167 e. The lowest BCUT2D eigenvalue weighted by Crippen LogP contribution is -1.98. The van der Waals surface area contributed by atoms with Crippen molar-refractivity contribution in [3.05, 3.63) is 107 Å². The molecule has 0 amide bonds. The van der Waals surface area contributed by atoms with Crippen molar-refractivity contribution in [2.45, 2.75) is 39.5 Å². The third-order valence-corrected chi connectivity index (χ3v) is 6.43. The largest absolute Gasteiger partial charge is 0.494 e. The molecule has 0 atom stereocenters. The summed E-state index contributed by atoms with van der Waals surface area (Å²) in [5.74, 6) is -1.24. The van der Waals surface area contributed by atoms with Crippen molar-refractivity contribution < 1.29 is 22.6 Å². The van der Waals surface area contributed by atoms with Gasteiger partial charge in [0.1, 0.15) is 5.75 Å². The average molecular weight is 531 g/mol. The minimum atomic E-state index is -0.902. The van der Waals surface area contributed by atoms with Crippen molar-refractivity contribution in [3.8, 4) is 33.8 Å². The number of rotatable bonds is 12. The second-order valence-electron chi connectivity index (χ2n) is 9.36. The van der Waals surface area contributed by atoms with Crippen molar-refractivity contribution in [1.82, 2.24) is 0 Å². The summed E-state index contributed by atoms with van der Waals surface area (Å²) in [5, 5.41) is 0. The third kappa shape index (κ3) is 7.32. The van der Waals surface area contributed by atoms with Crippen LogP contribution in [0, 0.1) is 17.5 Å². The monoisotopic (exact) mass is 530 g/mol. The highest BCUT2D eigenvalue weighted by Crippen LogP contribution is 2.30. The van der Waals surface area contributed by atoms with Gasteiger partial charge in [0.05, 0.1) is 13.2 Å². The Bertz CT molecular complexity index is 1390. The molecule has 4 aromatic rings. The van der Waals surface area contributed by atoms with E-state index < -0.39 is 17.5 Å². The van der Waals surface area contributed by atoms with Crippen molar-refractivity contribution in [2.24, 2.45) is 0 Å². The van der Waals surface area contributed by atoms with Crippen LogP contribution in [0.2, 0.25) is 0 Å². The summed E-state index contributed by atoms with van der Waals surface area (Å²) in [6, 6.07) is 22.5. The molecule has 0 saturated heterocycles. The molecule has 0 aliphatic carbocycles. The first-order valence-corrected chi connectivity index (χ1v) is 13.4. The molecule has 0 fully saturated rings. The fraction of sp³-hybridized carbons (Fsp3) is 0.235. The fourth-order valence-corrected chi connectivity index (χ4v) is 4.08. The number of ether oxygens (including phenoxy) is 2. The molecule has 0 aromatic heterocycles. The minimum Gasteiger partial charge on any atom is -0.494 e. The highest BCUT2D eigenvalue weighted by atomic mass is 19.2. The maximum absolute atomic E-state index is 14.9. The number of benzene rings is 4. The second kappa shape index (κ2) is 13.7. The van der Waals surface area contributed by atoms with Crippen molar-refractivity contribution in [3.63, 3.8) is 0 Å². The van der Waals surface area contributed by atoms with Gasteiger partial charge in [0, 0.05) is 11.1 Å². The molecule has 0 unspecified atom stereocenters. The van der Waals surface area contributed by atoms with E-state index in [-0.39, 0.29) is 16.9 Å². The molecule has 0 bridgehead atoms. The maximum Gasteiger partial charge on any atom is 0.167 e. The number of unbranched alkanes of at least 4 members (excludes halogenated alkanes) is 2. The van der Waals surface area contributed by atoms with Crippen molar-refractivity contribution >= 4 is 12.2 Å². The number of halogens is 3. The first-order valence-electron chi connectivity index (χ1n) is 13.4.